The Morgan fingerprint density at radius 2 is 2.00 bits per heavy atom. The van der Waals surface area contributed by atoms with Gasteiger partial charge in [0.05, 0.1) is 5.92 Å². The van der Waals surface area contributed by atoms with Gasteiger partial charge in [-0.3, -0.25) is 14.7 Å². The Hall–Kier alpha value is -1.03. The number of amidine groups is 1. The van der Waals surface area contributed by atoms with Gasteiger partial charge in [0.2, 0.25) is 5.91 Å². The SMILES string of the molecule is C=C(C)S/C(=N\C)N(C)C(=O)C(C)/C(C)=C/C. The first-order valence-electron chi connectivity index (χ1n) is 5.55. The van der Waals surface area contributed by atoms with E-state index in [1.807, 2.05) is 33.8 Å². The van der Waals surface area contributed by atoms with E-state index < -0.39 is 0 Å². The van der Waals surface area contributed by atoms with Crippen molar-refractivity contribution in [3.63, 3.8) is 0 Å². The first-order valence-corrected chi connectivity index (χ1v) is 6.37. The molecule has 0 rings (SSSR count). The summed E-state index contributed by atoms with van der Waals surface area (Å²) in [5, 5.41) is 0.679. The highest BCUT2D eigenvalue weighted by atomic mass is 32.2. The molecular formula is C13H22N2OS. The van der Waals surface area contributed by atoms with E-state index in [-0.39, 0.29) is 11.8 Å². The van der Waals surface area contributed by atoms with Crippen LogP contribution in [0.15, 0.2) is 28.1 Å². The van der Waals surface area contributed by atoms with Crippen LogP contribution in [-0.2, 0) is 4.79 Å². The van der Waals surface area contributed by atoms with E-state index in [1.54, 1.807) is 19.0 Å². The molecule has 0 N–H and O–H groups in total. The van der Waals surface area contributed by atoms with Gasteiger partial charge in [0.15, 0.2) is 5.17 Å². The van der Waals surface area contributed by atoms with Crippen molar-refractivity contribution in [1.82, 2.24) is 4.90 Å². The zero-order chi connectivity index (χ0) is 13.6. The maximum atomic E-state index is 12.2. The summed E-state index contributed by atoms with van der Waals surface area (Å²) >= 11 is 1.41. The van der Waals surface area contributed by atoms with Crippen LogP contribution in [0, 0.1) is 5.92 Å². The highest BCUT2D eigenvalue weighted by Gasteiger charge is 2.22. The third kappa shape index (κ3) is 4.77. The molecule has 0 aliphatic heterocycles. The zero-order valence-corrected chi connectivity index (χ0v) is 12.4. The van der Waals surface area contributed by atoms with Gasteiger partial charge in [0, 0.05) is 14.1 Å². The summed E-state index contributed by atoms with van der Waals surface area (Å²) in [5.41, 5.74) is 1.07. The monoisotopic (exact) mass is 254 g/mol. The van der Waals surface area contributed by atoms with E-state index in [2.05, 4.69) is 11.6 Å². The number of rotatable bonds is 3. The van der Waals surface area contributed by atoms with Crippen molar-refractivity contribution in [2.45, 2.75) is 27.7 Å². The molecule has 0 bridgehead atoms. The maximum Gasteiger partial charge on any atom is 0.235 e. The number of aliphatic imine (C=N–C) groups is 1. The fraction of sp³-hybridized carbons (Fsp3) is 0.538. The fourth-order valence-electron chi connectivity index (χ4n) is 1.25. The number of nitrogens with zero attached hydrogens (tertiary/aromatic N) is 2. The minimum absolute atomic E-state index is 0.0509. The van der Waals surface area contributed by atoms with Gasteiger partial charge in [-0.1, -0.05) is 30.0 Å². The van der Waals surface area contributed by atoms with E-state index in [1.165, 1.54) is 11.8 Å². The molecule has 0 saturated heterocycles. The first kappa shape index (κ1) is 16.0. The summed E-state index contributed by atoms with van der Waals surface area (Å²) in [7, 11) is 3.43. The van der Waals surface area contributed by atoms with Crippen molar-refractivity contribution in [2.75, 3.05) is 14.1 Å². The minimum Gasteiger partial charge on any atom is -0.294 e. The van der Waals surface area contributed by atoms with Gasteiger partial charge in [0.1, 0.15) is 0 Å². The highest BCUT2D eigenvalue weighted by Crippen LogP contribution is 2.20. The zero-order valence-electron chi connectivity index (χ0n) is 11.6. The molecule has 0 saturated carbocycles. The Bertz CT molecular complexity index is 358. The van der Waals surface area contributed by atoms with Crippen molar-refractivity contribution in [2.24, 2.45) is 10.9 Å². The van der Waals surface area contributed by atoms with E-state index in [4.69, 9.17) is 0 Å². The largest absolute Gasteiger partial charge is 0.294 e. The van der Waals surface area contributed by atoms with Crippen molar-refractivity contribution >= 4 is 22.8 Å². The summed E-state index contributed by atoms with van der Waals surface area (Å²) in [4.78, 5) is 18.8. The quantitative estimate of drug-likeness (QED) is 0.440. The number of carbonyl (C=O) groups is 1. The average Bonchev–Trinajstić information content (AvgIpc) is 2.31. The second kappa shape index (κ2) is 7.33. The molecule has 0 aromatic carbocycles. The Morgan fingerprint density at radius 3 is 2.35 bits per heavy atom. The van der Waals surface area contributed by atoms with Crippen LogP contribution in [0.2, 0.25) is 0 Å². The molecule has 0 aliphatic carbocycles. The molecule has 1 amide bonds. The second-order valence-corrected chi connectivity index (χ2v) is 5.23. The fourth-order valence-corrected chi connectivity index (χ4v) is 1.88. The van der Waals surface area contributed by atoms with Gasteiger partial charge in [-0.05, 0) is 32.6 Å². The standard InChI is InChI=1S/C13H22N2OS/c1-8-10(4)11(5)12(16)15(7)13(14-6)17-9(2)3/h8,11H,2H2,1,3-7H3/b10-8+,14-13-. The van der Waals surface area contributed by atoms with Crippen LogP contribution in [0.25, 0.3) is 0 Å². The molecular weight excluding hydrogens is 232 g/mol. The maximum absolute atomic E-state index is 12.2. The smallest absolute Gasteiger partial charge is 0.235 e. The minimum atomic E-state index is -0.118. The predicted molar refractivity (Wildman–Crippen MR) is 77.1 cm³/mol. The van der Waals surface area contributed by atoms with E-state index in [0.29, 0.717) is 5.17 Å². The van der Waals surface area contributed by atoms with Crippen molar-refractivity contribution in [3.8, 4) is 0 Å². The van der Waals surface area contributed by atoms with Gasteiger partial charge in [0.25, 0.3) is 0 Å². The second-order valence-electron chi connectivity index (χ2n) is 3.96. The van der Waals surface area contributed by atoms with Crippen molar-refractivity contribution in [1.29, 1.82) is 0 Å². The molecule has 0 aromatic rings. The van der Waals surface area contributed by atoms with E-state index in [0.717, 1.165) is 10.5 Å². The van der Waals surface area contributed by atoms with Crippen LogP contribution in [0.1, 0.15) is 27.7 Å². The summed E-state index contributed by atoms with van der Waals surface area (Å²) in [5.74, 6) is -0.0672. The molecule has 3 nitrogen and oxygen atoms in total. The third-order valence-electron chi connectivity index (χ3n) is 2.58. The summed E-state index contributed by atoms with van der Waals surface area (Å²) < 4.78 is 0. The lowest BCUT2D eigenvalue weighted by Crippen LogP contribution is -2.35. The van der Waals surface area contributed by atoms with Gasteiger partial charge < -0.3 is 0 Å². The number of amides is 1. The average molecular weight is 254 g/mol. The summed E-state index contributed by atoms with van der Waals surface area (Å²) in [6, 6.07) is 0. The Labute approximate surface area is 109 Å². The Kier molecular flexibility index (Phi) is 6.88. The van der Waals surface area contributed by atoms with Crippen LogP contribution in [-0.4, -0.2) is 30.1 Å². The Morgan fingerprint density at radius 1 is 1.47 bits per heavy atom. The lowest BCUT2D eigenvalue weighted by atomic mass is 10.0. The number of carbonyl (C=O) groups excluding carboxylic acids is 1. The van der Waals surface area contributed by atoms with E-state index in [9.17, 15) is 4.79 Å². The molecule has 0 radical (unpaired) electrons. The molecule has 96 valence electrons. The third-order valence-corrected chi connectivity index (χ3v) is 3.57. The molecule has 4 heteroatoms. The van der Waals surface area contributed by atoms with Crippen LogP contribution >= 0.6 is 11.8 Å². The number of allylic oxidation sites excluding steroid dienone is 2. The molecule has 17 heavy (non-hydrogen) atoms. The first-order chi connectivity index (χ1) is 7.84. The molecule has 0 fully saturated rings. The van der Waals surface area contributed by atoms with Gasteiger partial charge in [-0.2, -0.15) is 0 Å². The molecule has 0 aromatic heterocycles. The lowest BCUT2D eigenvalue weighted by Gasteiger charge is -2.22. The number of thioether (sulfide) groups is 1. The lowest BCUT2D eigenvalue weighted by molar-refractivity contribution is -0.128. The predicted octanol–water partition coefficient (Wildman–Crippen LogP) is 3.30. The van der Waals surface area contributed by atoms with Gasteiger partial charge in [-0.25, -0.2) is 0 Å². The molecule has 0 aliphatic rings. The summed E-state index contributed by atoms with van der Waals surface area (Å²) in [6.45, 7) is 11.5. The van der Waals surface area contributed by atoms with Crippen molar-refractivity contribution < 1.29 is 4.79 Å². The van der Waals surface area contributed by atoms with Crippen LogP contribution in [0.3, 0.4) is 0 Å². The molecule has 1 unspecified atom stereocenters. The topological polar surface area (TPSA) is 32.7 Å². The van der Waals surface area contributed by atoms with Crippen molar-refractivity contribution in [3.05, 3.63) is 23.1 Å². The Balaban J connectivity index is 4.85. The van der Waals surface area contributed by atoms with Crippen LogP contribution in [0.4, 0.5) is 0 Å². The number of hydrogen-bond donors (Lipinski definition) is 0. The molecule has 0 heterocycles. The van der Waals surface area contributed by atoms with Gasteiger partial charge >= 0.3 is 0 Å². The van der Waals surface area contributed by atoms with Gasteiger partial charge in [-0.15, -0.1) is 0 Å². The summed E-state index contributed by atoms with van der Waals surface area (Å²) in [6.07, 6.45) is 1.96. The van der Waals surface area contributed by atoms with Crippen LogP contribution in [0.5, 0.6) is 0 Å². The number of hydrogen-bond acceptors (Lipinski definition) is 3. The highest BCUT2D eigenvalue weighted by molar-refractivity contribution is 8.17. The van der Waals surface area contributed by atoms with Crippen LogP contribution < -0.4 is 0 Å². The molecule has 0 spiro atoms. The van der Waals surface area contributed by atoms with E-state index >= 15 is 0 Å². The molecule has 1 atom stereocenters. The normalized spacial score (nSPS) is 14.5.